The van der Waals surface area contributed by atoms with Crippen LogP contribution in [0.25, 0.3) is 11.3 Å². The zero-order valence-corrected chi connectivity index (χ0v) is 19.3. The molecular weight excluding hydrogens is 418 g/mol. The lowest BCUT2D eigenvalue weighted by atomic mass is 9.90. The molecule has 6 heteroatoms. The summed E-state index contributed by atoms with van der Waals surface area (Å²) in [5.41, 5.74) is 8.91. The van der Waals surface area contributed by atoms with E-state index >= 15 is 0 Å². The smallest absolute Gasteiger partial charge is 0.148 e. The number of hydrogen-bond acceptors (Lipinski definition) is 5. The first-order chi connectivity index (χ1) is 15.3. The number of sulfone groups is 1. The Labute approximate surface area is 190 Å². The lowest BCUT2D eigenvalue weighted by Gasteiger charge is -2.30. The summed E-state index contributed by atoms with van der Waals surface area (Å²) in [4.78, 5) is 6.70. The van der Waals surface area contributed by atoms with Gasteiger partial charge in [0.2, 0.25) is 0 Å². The van der Waals surface area contributed by atoms with E-state index in [1.54, 1.807) is 12.3 Å². The molecule has 5 nitrogen and oxygen atoms in total. The average Bonchev–Trinajstić information content (AvgIpc) is 2.78. The topological polar surface area (TPSA) is 74.1 Å². The van der Waals surface area contributed by atoms with E-state index in [0.29, 0.717) is 12.1 Å². The first-order valence-corrected chi connectivity index (χ1v) is 12.8. The standard InChI is InChI=1S/C26H27N3O2S/c1-19-6-7-20(15-25(19)26-9-8-21(16-27)17-28-26)14-22-4-3-5-23-18-29(11-10-24(22)23)12-13-32(2,30)31/h3-9,15,17H,10-14,18H2,1-2H3. The molecule has 0 spiro atoms. The Bertz CT molecular complexity index is 1280. The summed E-state index contributed by atoms with van der Waals surface area (Å²) < 4.78 is 23.0. The second-order valence-electron chi connectivity index (χ2n) is 8.58. The molecule has 4 rings (SSSR count). The molecule has 0 N–H and O–H groups in total. The molecule has 32 heavy (non-hydrogen) atoms. The monoisotopic (exact) mass is 445 g/mol. The third-order valence-corrected chi connectivity index (χ3v) is 7.01. The summed E-state index contributed by atoms with van der Waals surface area (Å²) in [5.74, 6) is 0.206. The zero-order chi connectivity index (χ0) is 22.7. The predicted octanol–water partition coefficient (Wildman–Crippen LogP) is 3.92. The Morgan fingerprint density at radius 2 is 2.00 bits per heavy atom. The summed E-state index contributed by atoms with van der Waals surface area (Å²) in [7, 11) is -2.95. The van der Waals surface area contributed by atoms with Gasteiger partial charge in [0.15, 0.2) is 0 Å². The van der Waals surface area contributed by atoms with Crippen LogP contribution in [-0.4, -0.2) is 43.4 Å². The summed E-state index contributed by atoms with van der Waals surface area (Å²) in [6, 6.07) is 18.8. The number of aryl methyl sites for hydroxylation is 1. The normalized spacial score (nSPS) is 14.0. The van der Waals surface area contributed by atoms with Crippen molar-refractivity contribution in [3.05, 3.63) is 88.1 Å². The Hall–Kier alpha value is -3.01. The Morgan fingerprint density at radius 3 is 2.72 bits per heavy atom. The minimum Gasteiger partial charge on any atom is -0.298 e. The van der Waals surface area contributed by atoms with Gasteiger partial charge in [-0.1, -0.05) is 30.3 Å². The molecule has 0 atom stereocenters. The number of hydrogen-bond donors (Lipinski definition) is 0. The molecule has 164 valence electrons. The van der Waals surface area contributed by atoms with Gasteiger partial charge in [0.05, 0.1) is 17.0 Å². The van der Waals surface area contributed by atoms with E-state index in [1.165, 1.54) is 28.5 Å². The van der Waals surface area contributed by atoms with Crippen LogP contribution in [0.2, 0.25) is 0 Å². The van der Waals surface area contributed by atoms with Crippen LogP contribution in [0.15, 0.2) is 54.7 Å². The maximum atomic E-state index is 11.5. The van der Waals surface area contributed by atoms with E-state index in [1.807, 2.05) is 6.07 Å². The Kier molecular flexibility index (Phi) is 6.40. The highest BCUT2D eigenvalue weighted by Gasteiger charge is 2.20. The van der Waals surface area contributed by atoms with Gasteiger partial charge >= 0.3 is 0 Å². The molecule has 0 unspecified atom stereocenters. The molecule has 0 aliphatic carbocycles. The van der Waals surface area contributed by atoms with Crippen LogP contribution in [0, 0.1) is 18.3 Å². The molecule has 0 bridgehead atoms. The third-order valence-electron chi connectivity index (χ3n) is 6.09. The fraction of sp³-hybridized carbons (Fsp3) is 0.308. The number of fused-ring (bicyclic) bond motifs is 1. The first-order valence-electron chi connectivity index (χ1n) is 10.8. The molecule has 0 saturated heterocycles. The fourth-order valence-electron chi connectivity index (χ4n) is 4.29. The van der Waals surface area contributed by atoms with E-state index in [4.69, 9.17) is 5.26 Å². The lowest BCUT2D eigenvalue weighted by Crippen LogP contribution is -2.34. The highest BCUT2D eigenvalue weighted by Crippen LogP contribution is 2.28. The number of nitrogens with zero attached hydrogens (tertiary/aromatic N) is 3. The summed E-state index contributed by atoms with van der Waals surface area (Å²) in [6.07, 6.45) is 4.69. The van der Waals surface area contributed by atoms with Gasteiger partial charge in [-0.3, -0.25) is 9.88 Å². The number of rotatable bonds is 6. The van der Waals surface area contributed by atoms with Gasteiger partial charge in [-0.15, -0.1) is 0 Å². The van der Waals surface area contributed by atoms with Crippen LogP contribution in [-0.2, 0) is 29.2 Å². The van der Waals surface area contributed by atoms with Gasteiger partial charge in [-0.05, 0) is 65.8 Å². The number of pyridine rings is 1. The van der Waals surface area contributed by atoms with E-state index in [0.717, 1.165) is 42.8 Å². The third kappa shape index (κ3) is 5.24. The molecule has 0 fully saturated rings. The highest BCUT2D eigenvalue weighted by molar-refractivity contribution is 7.90. The number of benzene rings is 2. The number of nitriles is 1. The van der Waals surface area contributed by atoms with Crippen molar-refractivity contribution in [1.29, 1.82) is 5.26 Å². The van der Waals surface area contributed by atoms with Gasteiger partial charge in [-0.2, -0.15) is 5.26 Å². The second kappa shape index (κ2) is 9.23. The summed E-state index contributed by atoms with van der Waals surface area (Å²) in [5, 5.41) is 9.02. The first kappa shape index (κ1) is 22.2. The minimum atomic E-state index is -2.95. The minimum absolute atomic E-state index is 0.206. The van der Waals surface area contributed by atoms with Crippen LogP contribution in [0.5, 0.6) is 0 Å². The van der Waals surface area contributed by atoms with Crippen molar-refractivity contribution in [3.63, 3.8) is 0 Å². The van der Waals surface area contributed by atoms with E-state index in [2.05, 4.69) is 59.3 Å². The molecule has 3 aromatic rings. The quantitative estimate of drug-likeness (QED) is 0.575. The van der Waals surface area contributed by atoms with Crippen LogP contribution >= 0.6 is 0 Å². The molecule has 0 radical (unpaired) electrons. The lowest BCUT2D eigenvalue weighted by molar-refractivity contribution is 0.268. The van der Waals surface area contributed by atoms with Crippen LogP contribution in [0.4, 0.5) is 0 Å². The van der Waals surface area contributed by atoms with Crippen LogP contribution in [0.3, 0.4) is 0 Å². The largest absolute Gasteiger partial charge is 0.298 e. The van der Waals surface area contributed by atoms with E-state index < -0.39 is 9.84 Å². The molecule has 1 aliphatic heterocycles. The molecule has 1 aliphatic rings. The van der Waals surface area contributed by atoms with Crippen molar-refractivity contribution in [3.8, 4) is 17.3 Å². The molecular formula is C26H27N3O2S. The van der Waals surface area contributed by atoms with Crippen molar-refractivity contribution in [2.24, 2.45) is 0 Å². The van der Waals surface area contributed by atoms with Gasteiger partial charge in [0.1, 0.15) is 15.9 Å². The molecule has 2 aromatic carbocycles. The highest BCUT2D eigenvalue weighted by atomic mass is 32.2. The van der Waals surface area contributed by atoms with Crippen molar-refractivity contribution in [2.75, 3.05) is 25.1 Å². The average molecular weight is 446 g/mol. The Balaban J connectivity index is 1.55. The van der Waals surface area contributed by atoms with Gasteiger partial charge in [-0.25, -0.2) is 8.42 Å². The van der Waals surface area contributed by atoms with Crippen molar-refractivity contribution < 1.29 is 8.42 Å². The maximum Gasteiger partial charge on any atom is 0.148 e. The molecule has 0 amide bonds. The predicted molar refractivity (Wildman–Crippen MR) is 127 cm³/mol. The van der Waals surface area contributed by atoms with Gasteiger partial charge in [0, 0.05) is 37.7 Å². The van der Waals surface area contributed by atoms with Crippen molar-refractivity contribution in [2.45, 2.75) is 26.3 Å². The van der Waals surface area contributed by atoms with Gasteiger partial charge in [0.25, 0.3) is 0 Å². The van der Waals surface area contributed by atoms with E-state index in [9.17, 15) is 8.42 Å². The molecule has 0 saturated carbocycles. The fourth-order valence-corrected chi connectivity index (χ4v) is 4.88. The van der Waals surface area contributed by atoms with E-state index in [-0.39, 0.29) is 5.75 Å². The zero-order valence-electron chi connectivity index (χ0n) is 18.5. The van der Waals surface area contributed by atoms with Crippen LogP contribution < -0.4 is 0 Å². The molecule has 1 aromatic heterocycles. The summed E-state index contributed by atoms with van der Waals surface area (Å²) >= 11 is 0. The second-order valence-corrected chi connectivity index (χ2v) is 10.8. The Morgan fingerprint density at radius 1 is 1.16 bits per heavy atom. The SMILES string of the molecule is Cc1ccc(Cc2cccc3c2CCN(CCS(C)(=O)=O)C3)cc1-c1ccc(C#N)cn1. The maximum absolute atomic E-state index is 11.5. The molecule has 2 heterocycles. The van der Waals surface area contributed by atoms with Crippen LogP contribution in [0.1, 0.15) is 33.4 Å². The van der Waals surface area contributed by atoms with Crippen molar-refractivity contribution in [1.82, 2.24) is 9.88 Å². The van der Waals surface area contributed by atoms with Gasteiger partial charge < -0.3 is 0 Å². The summed E-state index contributed by atoms with van der Waals surface area (Å²) in [6.45, 7) is 4.34. The van der Waals surface area contributed by atoms with Crippen molar-refractivity contribution >= 4 is 9.84 Å². The number of aromatic nitrogens is 1.